The summed E-state index contributed by atoms with van der Waals surface area (Å²) in [5, 5.41) is 3.20. The SMILES string of the molecule is Cc1ccc(NC(=O)c2nc3ccccc3n(C)c2=O)cc1Cl. The van der Waals surface area contributed by atoms with Gasteiger partial charge in [0.1, 0.15) is 0 Å². The number of aryl methyl sites for hydroxylation is 2. The van der Waals surface area contributed by atoms with Crippen molar-refractivity contribution in [1.82, 2.24) is 9.55 Å². The van der Waals surface area contributed by atoms with Gasteiger partial charge in [-0.1, -0.05) is 29.8 Å². The fraction of sp³-hybridized carbons (Fsp3) is 0.118. The first-order valence-electron chi connectivity index (χ1n) is 7.00. The standard InChI is InChI=1S/C17H14ClN3O2/c1-10-7-8-11(9-12(10)18)19-16(22)15-17(23)21(2)14-6-4-3-5-13(14)20-15/h3-9H,1-2H3,(H,19,22). The highest BCUT2D eigenvalue weighted by Crippen LogP contribution is 2.20. The third-order valence-electron chi connectivity index (χ3n) is 3.63. The summed E-state index contributed by atoms with van der Waals surface area (Å²) in [5.41, 5.74) is 2.09. The van der Waals surface area contributed by atoms with E-state index in [4.69, 9.17) is 11.6 Å². The number of para-hydroxylation sites is 2. The summed E-state index contributed by atoms with van der Waals surface area (Å²) in [6.07, 6.45) is 0. The van der Waals surface area contributed by atoms with Crippen molar-refractivity contribution in [2.24, 2.45) is 7.05 Å². The lowest BCUT2D eigenvalue weighted by atomic mass is 10.2. The van der Waals surface area contributed by atoms with Crippen LogP contribution in [0.15, 0.2) is 47.3 Å². The number of amides is 1. The van der Waals surface area contributed by atoms with Crippen molar-refractivity contribution < 1.29 is 4.79 Å². The molecule has 1 N–H and O–H groups in total. The Kier molecular flexibility index (Phi) is 3.88. The zero-order valence-corrected chi connectivity index (χ0v) is 13.4. The summed E-state index contributed by atoms with van der Waals surface area (Å²) in [7, 11) is 1.62. The van der Waals surface area contributed by atoms with Crippen molar-refractivity contribution in [3.05, 3.63) is 69.1 Å². The molecule has 116 valence electrons. The summed E-state index contributed by atoms with van der Waals surface area (Å²) < 4.78 is 1.42. The van der Waals surface area contributed by atoms with E-state index in [-0.39, 0.29) is 5.69 Å². The lowest BCUT2D eigenvalue weighted by Crippen LogP contribution is -2.29. The minimum absolute atomic E-state index is 0.150. The first-order valence-corrected chi connectivity index (χ1v) is 7.38. The van der Waals surface area contributed by atoms with Gasteiger partial charge in [0, 0.05) is 17.8 Å². The number of hydrogen-bond acceptors (Lipinski definition) is 3. The van der Waals surface area contributed by atoms with Gasteiger partial charge in [0.25, 0.3) is 11.5 Å². The van der Waals surface area contributed by atoms with Gasteiger partial charge in [-0.2, -0.15) is 0 Å². The molecule has 3 aromatic rings. The van der Waals surface area contributed by atoms with Crippen molar-refractivity contribution in [1.29, 1.82) is 0 Å². The summed E-state index contributed by atoms with van der Waals surface area (Å²) in [4.78, 5) is 28.9. The van der Waals surface area contributed by atoms with Crippen LogP contribution >= 0.6 is 11.6 Å². The van der Waals surface area contributed by atoms with Crippen molar-refractivity contribution >= 4 is 34.2 Å². The number of anilines is 1. The second-order valence-electron chi connectivity index (χ2n) is 5.23. The van der Waals surface area contributed by atoms with Crippen LogP contribution in [0.3, 0.4) is 0 Å². The molecule has 5 nitrogen and oxygen atoms in total. The van der Waals surface area contributed by atoms with E-state index < -0.39 is 11.5 Å². The molecule has 6 heteroatoms. The van der Waals surface area contributed by atoms with Crippen molar-refractivity contribution in [3.63, 3.8) is 0 Å². The number of benzene rings is 2. The lowest BCUT2D eigenvalue weighted by molar-refractivity contribution is 0.102. The van der Waals surface area contributed by atoms with Crippen LogP contribution in [0.5, 0.6) is 0 Å². The van der Waals surface area contributed by atoms with Gasteiger partial charge in [0.05, 0.1) is 11.0 Å². The average Bonchev–Trinajstić information content (AvgIpc) is 2.54. The van der Waals surface area contributed by atoms with Gasteiger partial charge in [0.15, 0.2) is 5.69 Å². The predicted molar refractivity (Wildman–Crippen MR) is 91.1 cm³/mol. The molecular weight excluding hydrogens is 314 g/mol. The van der Waals surface area contributed by atoms with E-state index >= 15 is 0 Å². The van der Waals surface area contributed by atoms with Crippen LogP contribution in [0.4, 0.5) is 5.69 Å². The molecule has 0 spiro atoms. The third kappa shape index (κ3) is 2.83. The molecule has 0 aliphatic heterocycles. The molecule has 3 rings (SSSR count). The van der Waals surface area contributed by atoms with Gasteiger partial charge >= 0.3 is 0 Å². The lowest BCUT2D eigenvalue weighted by Gasteiger charge is -2.09. The Balaban J connectivity index is 2.02. The van der Waals surface area contributed by atoms with E-state index in [1.54, 1.807) is 43.4 Å². The fourth-order valence-corrected chi connectivity index (χ4v) is 2.47. The molecule has 0 aliphatic carbocycles. The Morgan fingerprint density at radius 2 is 1.96 bits per heavy atom. The van der Waals surface area contributed by atoms with E-state index in [1.807, 2.05) is 13.0 Å². The Morgan fingerprint density at radius 1 is 1.22 bits per heavy atom. The minimum Gasteiger partial charge on any atom is -0.320 e. The maximum atomic E-state index is 12.4. The first-order chi connectivity index (χ1) is 11.0. The molecular formula is C17H14ClN3O2. The predicted octanol–water partition coefficient (Wildman–Crippen LogP) is 3.15. The molecule has 2 aromatic carbocycles. The first kappa shape index (κ1) is 15.2. The second-order valence-corrected chi connectivity index (χ2v) is 5.64. The van der Waals surface area contributed by atoms with Crippen LogP contribution in [0.25, 0.3) is 11.0 Å². The van der Waals surface area contributed by atoms with Crippen LogP contribution in [0.2, 0.25) is 5.02 Å². The summed E-state index contributed by atoms with van der Waals surface area (Å²) >= 11 is 6.05. The minimum atomic E-state index is -0.559. The number of halogens is 1. The van der Waals surface area contributed by atoms with Crippen LogP contribution in [-0.2, 0) is 7.05 Å². The van der Waals surface area contributed by atoms with E-state index in [9.17, 15) is 9.59 Å². The molecule has 0 aliphatic rings. The van der Waals surface area contributed by atoms with Gasteiger partial charge in [-0.15, -0.1) is 0 Å². The molecule has 0 atom stereocenters. The van der Waals surface area contributed by atoms with Crippen molar-refractivity contribution in [2.45, 2.75) is 6.92 Å². The van der Waals surface area contributed by atoms with Gasteiger partial charge in [0.2, 0.25) is 0 Å². The van der Waals surface area contributed by atoms with Gasteiger partial charge in [-0.3, -0.25) is 9.59 Å². The van der Waals surface area contributed by atoms with E-state index in [1.165, 1.54) is 4.57 Å². The van der Waals surface area contributed by atoms with Crippen LogP contribution in [0.1, 0.15) is 16.1 Å². The van der Waals surface area contributed by atoms with Crippen LogP contribution < -0.4 is 10.9 Å². The quantitative estimate of drug-likeness (QED) is 0.786. The number of carbonyl (C=O) groups excluding carboxylic acids is 1. The zero-order chi connectivity index (χ0) is 16.6. The topological polar surface area (TPSA) is 64.0 Å². The number of fused-ring (bicyclic) bond motifs is 1. The highest BCUT2D eigenvalue weighted by molar-refractivity contribution is 6.31. The summed E-state index contributed by atoms with van der Waals surface area (Å²) in [6.45, 7) is 1.87. The maximum absolute atomic E-state index is 12.4. The second kappa shape index (κ2) is 5.85. The van der Waals surface area contributed by atoms with E-state index in [2.05, 4.69) is 10.3 Å². The Morgan fingerprint density at radius 3 is 2.70 bits per heavy atom. The molecule has 23 heavy (non-hydrogen) atoms. The van der Waals surface area contributed by atoms with E-state index in [0.29, 0.717) is 21.7 Å². The molecule has 0 radical (unpaired) electrons. The number of hydrogen-bond donors (Lipinski definition) is 1. The van der Waals surface area contributed by atoms with Gasteiger partial charge in [-0.05, 0) is 36.8 Å². The largest absolute Gasteiger partial charge is 0.320 e. The van der Waals surface area contributed by atoms with Crippen molar-refractivity contribution in [2.75, 3.05) is 5.32 Å². The number of rotatable bonds is 2. The van der Waals surface area contributed by atoms with Gasteiger partial charge < -0.3 is 9.88 Å². The zero-order valence-electron chi connectivity index (χ0n) is 12.6. The molecule has 0 unspecified atom stereocenters. The highest BCUT2D eigenvalue weighted by Gasteiger charge is 2.16. The average molecular weight is 328 g/mol. The normalized spacial score (nSPS) is 10.7. The number of nitrogens with one attached hydrogen (secondary N) is 1. The molecule has 0 fully saturated rings. The molecule has 1 aromatic heterocycles. The number of carbonyl (C=O) groups is 1. The smallest absolute Gasteiger partial charge is 0.282 e. The summed E-state index contributed by atoms with van der Waals surface area (Å²) in [5.74, 6) is -0.559. The summed E-state index contributed by atoms with van der Waals surface area (Å²) in [6, 6.07) is 12.3. The molecule has 0 bridgehead atoms. The molecule has 1 heterocycles. The monoisotopic (exact) mass is 327 g/mol. The van der Waals surface area contributed by atoms with E-state index in [0.717, 1.165) is 5.56 Å². The van der Waals surface area contributed by atoms with Crippen LogP contribution in [-0.4, -0.2) is 15.5 Å². The highest BCUT2D eigenvalue weighted by atomic mass is 35.5. The number of nitrogens with zero attached hydrogens (tertiary/aromatic N) is 2. The van der Waals surface area contributed by atoms with Gasteiger partial charge in [-0.25, -0.2) is 4.98 Å². The molecule has 0 saturated carbocycles. The van der Waals surface area contributed by atoms with Crippen molar-refractivity contribution in [3.8, 4) is 0 Å². The molecule has 1 amide bonds. The number of aromatic nitrogens is 2. The third-order valence-corrected chi connectivity index (χ3v) is 4.03. The maximum Gasteiger partial charge on any atom is 0.282 e. The Bertz CT molecular complexity index is 979. The molecule has 0 saturated heterocycles. The Labute approximate surface area is 137 Å². The fourth-order valence-electron chi connectivity index (χ4n) is 2.29. The van der Waals surface area contributed by atoms with Crippen LogP contribution in [0, 0.1) is 6.92 Å². The Hall–Kier alpha value is -2.66.